The van der Waals surface area contributed by atoms with Crippen LogP contribution in [0.3, 0.4) is 0 Å². The zero-order chi connectivity index (χ0) is 9.10. The van der Waals surface area contributed by atoms with Crippen LogP contribution in [0, 0.1) is 5.92 Å². The van der Waals surface area contributed by atoms with Crippen molar-refractivity contribution in [3.8, 4) is 0 Å². The van der Waals surface area contributed by atoms with Crippen molar-refractivity contribution in [3.63, 3.8) is 0 Å². The van der Waals surface area contributed by atoms with Gasteiger partial charge in [-0.15, -0.1) is 0 Å². The summed E-state index contributed by atoms with van der Waals surface area (Å²) in [7, 11) is 0. The Morgan fingerprint density at radius 2 is 2.54 bits per heavy atom. The third-order valence-electron chi connectivity index (χ3n) is 2.13. The third kappa shape index (κ3) is 2.15. The van der Waals surface area contributed by atoms with Crippen molar-refractivity contribution < 1.29 is 9.53 Å². The number of hydrogen-bond donors (Lipinski definition) is 0. The summed E-state index contributed by atoms with van der Waals surface area (Å²) in [6, 6.07) is 0. The number of rotatable bonds is 5. The first kappa shape index (κ1) is 8.44. The minimum absolute atomic E-state index is 0.427. The van der Waals surface area contributed by atoms with Gasteiger partial charge in [0.05, 0.1) is 6.61 Å². The lowest BCUT2D eigenvalue weighted by molar-refractivity contribution is 0.0666. The fourth-order valence-corrected chi connectivity index (χ4v) is 1.15. The van der Waals surface area contributed by atoms with Gasteiger partial charge in [-0.3, -0.25) is 4.79 Å². The summed E-state index contributed by atoms with van der Waals surface area (Å²) < 4.78 is 7.11. The van der Waals surface area contributed by atoms with Gasteiger partial charge in [0.25, 0.3) is 0 Å². The van der Waals surface area contributed by atoms with E-state index in [9.17, 15) is 4.79 Å². The molecule has 1 aliphatic rings. The van der Waals surface area contributed by atoms with E-state index >= 15 is 0 Å². The van der Waals surface area contributed by atoms with Crippen molar-refractivity contribution in [2.24, 2.45) is 5.92 Å². The number of imidazole rings is 1. The monoisotopic (exact) mass is 180 g/mol. The molecule has 0 bridgehead atoms. The van der Waals surface area contributed by atoms with Crippen LogP contribution in [-0.4, -0.2) is 22.4 Å². The summed E-state index contributed by atoms with van der Waals surface area (Å²) in [6.07, 6.45) is 6.65. The molecule has 0 N–H and O–H groups in total. The van der Waals surface area contributed by atoms with Gasteiger partial charge in [0.15, 0.2) is 12.1 Å². The van der Waals surface area contributed by atoms with E-state index in [4.69, 9.17) is 4.74 Å². The van der Waals surface area contributed by atoms with E-state index < -0.39 is 0 Å². The van der Waals surface area contributed by atoms with Gasteiger partial charge >= 0.3 is 0 Å². The van der Waals surface area contributed by atoms with E-state index in [1.54, 1.807) is 17.0 Å². The lowest BCUT2D eigenvalue weighted by atomic mass is 10.5. The molecule has 0 aromatic carbocycles. The highest BCUT2D eigenvalue weighted by atomic mass is 16.5. The molecule has 1 aromatic rings. The van der Waals surface area contributed by atoms with Gasteiger partial charge in [-0.1, -0.05) is 0 Å². The molecule has 70 valence electrons. The van der Waals surface area contributed by atoms with E-state index in [1.807, 2.05) is 0 Å². The molecule has 1 aliphatic carbocycles. The normalized spacial score (nSPS) is 16.0. The van der Waals surface area contributed by atoms with Crippen LogP contribution in [0.2, 0.25) is 0 Å². The Bertz CT molecular complexity index is 292. The molecule has 0 unspecified atom stereocenters. The van der Waals surface area contributed by atoms with Crippen LogP contribution in [0.5, 0.6) is 0 Å². The molecule has 0 spiro atoms. The Morgan fingerprint density at radius 3 is 3.23 bits per heavy atom. The molecule has 1 fully saturated rings. The molecule has 0 amide bonds. The minimum Gasteiger partial charge on any atom is -0.360 e. The van der Waals surface area contributed by atoms with Gasteiger partial charge in [-0.05, 0) is 18.8 Å². The first-order chi connectivity index (χ1) is 6.40. The number of hydrogen-bond acceptors (Lipinski definition) is 3. The van der Waals surface area contributed by atoms with E-state index in [-0.39, 0.29) is 0 Å². The molecule has 1 aromatic heterocycles. The van der Waals surface area contributed by atoms with Crippen LogP contribution >= 0.6 is 0 Å². The molecule has 13 heavy (non-hydrogen) atoms. The third-order valence-corrected chi connectivity index (χ3v) is 2.13. The van der Waals surface area contributed by atoms with Crippen LogP contribution in [0.1, 0.15) is 23.5 Å². The number of aromatic nitrogens is 2. The Hall–Kier alpha value is -1.16. The van der Waals surface area contributed by atoms with Crippen LogP contribution in [0.4, 0.5) is 0 Å². The SMILES string of the molecule is O=Cc1nccn1COCC1CC1. The summed E-state index contributed by atoms with van der Waals surface area (Å²) in [4.78, 5) is 14.3. The fourth-order valence-electron chi connectivity index (χ4n) is 1.15. The lowest BCUT2D eigenvalue weighted by Crippen LogP contribution is -2.07. The van der Waals surface area contributed by atoms with E-state index in [0.29, 0.717) is 12.6 Å². The van der Waals surface area contributed by atoms with Gasteiger partial charge in [0, 0.05) is 12.4 Å². The smallest absolute Gasteiger partial charge is 0.185 e. The topological polar surface area (TPSA) is 44.1 Å². The van der Waals surface area contributed by atoms with Crippen LogP contribution < -0.4 is 0 Å². The molecular weight excluding hydrogens is 168 g/mol. The van der Waals surface area contributed by atoms with E-state index in [1.165, 1.54) is 12.8 Å². The number of aldehydes is 1. The average Bonchev–Trinajstić information content (AvgIpc) is 2.84. The first-order valence-electron chi connectivity index (χ1n) is 4.44. The zero-order valence-electron chi connectivity index (χ0n) is 7.35. The number of carbonyl (C=O) groups excluding carboxylic acids is 1. The molecule has 0 saturated heterocycles. The molecule has 1 saturated carbocycles. The first-order valence-corrected chi connectivity index (χ1v) is 4.44. The highest BCUT2D eigenvalue weighted by molar-refractivity contribution is 5.69. The van der Waals surface area contributed by atoms with E-state index in [0.717, 1.165) is 18.8 Å². The van der Waals surface area contributed by atoms with Gasteiger partial charge < -0.3 is 9.30 Å². The van der Waals surface area contributed by atoms with Crippen LogP contribution in [-0.2, 0) is 11.5 Å². The second-order valence-electron chi connectivity index (χ2n) is 3.32. The number of nitrogens with zero attached hydrogens (tertiary/aromatic N) is 2. The average molecular weight is 180 g/mol. The lowest BCUT2D eigenvalue weighted by Gasteiger charge is -2.04. The maximum atomic E-state index is 10.5. The quantitative estimate of drug-likeness (QED) is 0.637. The van der Waals surface area contributed by atoms with Crippen molar-refractivity contribution in [1.82, 2.24) is 9.55 Å². The predicted molar refractivity (Wildman–Crippen MR) is 46.3 cm³/mol. The van der Waals surface area contributed by atoms with Crippen molar-refractivity contribution in [1.29, 1.82) is 0 Å². The second kappa shape index (κ2) is 3.70. The zero-order valence-corrected chi connectivity index (χ0v) is 7.35. The Morgan fingerprint density at radius 1 is 1.69 bits per heavy atom. The fraction of sp³-hybridized carbons (Fsp3) is 0.556. The highest BCUT2D eigenvalue weighted by Crippen LogP contribution is 2.28. The Kier molecular flexibility index (Phi) is 2.40. The highest BCUT2D eigenvalue weighted by Gasteiger charge is 2.21. The number of ether oxygens (including phenoxy) is 1. The summed E-state index contributed by atoms with van der Waals surface area (Å²) in [5, 5.41) is 0. The standard InChI is InChI=1S/C9H12N2O2/c12-5-9-10-3-4-11(9)7-13-6-8-1-2-8/h3-5,8H,1-2,6-7H2. The largest absolute Gasteiger partial charge is 0.360 e. The molecule has 1 heterocycles. The second-order valence-corrected chi connectivity index (χ2v) is 3.32. The maximum absolute atomic E-state index is 10.5. The van der Waals surface area contributed by atoms with Gasteiger partial charge in [0.2, 0.25) is 0 Å². The van der Waals surface area contributed by atoms with E-state index in [2.05, 4.69) is 4.98 Å². The summed E-state index contributed by atoms with van der Waals surface area (Å²) >= 11 is 0. The van der Waals surface area contributed by atoms with Gasteiger partial charge in [-0.2, -0.15) is 0 Å². The van der Waals surface area contributed by atoms with Gasteiger partial charge in [0.1, 0.15) is 6.73 Å². The molecular formula is C9H12N2O2. The predicted octanol–water partition coefficient (Wildman–Crippen LogP) is 1.08. The molecule has 4 heteroatoms. The summed E-state index contributed by atoms with van der Waals surface area (Å²) in [5.41, 5.74) is 0. The number of carbonyl (C=O) groups is 1. The summed E-state index contributed by atoms with van der Waals surface area (Å²) in [5.74, 6) is 1.18. The minimum atomic E-state index is 0.427. The molecule has 0 radical (unpaired) electrons. The van der Waals surface area contributed by atoms with Crippen molar-refractivity contribution in [2.75, 3.05) is 6.61 Å². The van der Waals surface area contributed by atoms with Crippen molar-refractivity contribution in [2.45, 2.75) is 19.6 Å². The van der Waals surface area contributed by atoms with Gasteiger partial charge in [-0.25, -0.2) is 4.98 Å². The van der Waals surface area contributed by atoms with Crippen molar-refractivity contribution in [3.05, 3.63) is 18.2 Å². The summed E-state index contributed by atoms with van der Waals surface area (Å²) in [6.45, 7) is 1.24. The Labute approximate surface area is 76.5 Å². The molecule has 4 nitrogen and oxygen atoms in total. The van der Waals surface area contributed by atoms with Crippen molar-refractivity contribution >= 4 is 6.29 Å². The Balaban J connectivity index is 1.81. The van der Waals surface area contributed by atoms with Crippen LogP contribution in [0.15, 0.2) is 12.4 Å². The van der Waals surface area contributed by atoms with Crippen LogP contribution in [0.25, 0.3) is 0 Å². The molecule has 2 rings (SSSR count). The maximum Gasteiger partial charge on any atom is 0.185 e. The molecule has 0 aliphatic heterocycles. The molecule has 0 atom stereocenters.